The predicted octanol–water partition coefficient (Wildman–Crippen LogP) is 3.14. The van der Waals surface area contributed by atoms with Crippen LogP contribution in [0, 0.1) is 6.92 Å². The molecule has 0 saturated carbocycles. The SMILES string of the molecule is CCN1CCC2(CC1)CN(C(=O)[C@H](N)Cc1ccccc1)Cc1cc(C)ccc1O2. The van der Waals surface area contributed by atoms with Crippen molar-refractivity contribution in [3.05, 3.63) is 65.2 Å². The first-order chi connectivity index (χ1) is 14.5. The molecule has 2 aliphatic heterocycles. The summed E-state index contributed by atoms with van der Waals surface area (Å²) in [5.74, 6) is 0.923. The van der Waals surface area contributed by atoms with E-state index < -0.39 is 6.04 Å². The molecule has 5 nitrogen and oxygen atoms in total. The third-order valence-electron chi connectivity index (χ3n) is 6.52. The Labute approximate surface area is 179 Å². The average molecular weight is 408 g/mol. The van der Waals surface area contributed by atoms with E-state index in [1.807, 2.05) is 35.2 Å². The minimum absolute atomic E-state index is 0.00843. The van der Waals surface area contributed by atoms with E-state index in [-0.39, 0.29) is 11.5 Å². The van der Waals surface area contributed by atoms with E-state index in [1.165, 1.54) is 5.56 Å². The van der Waals surface area contributed by atoms with Gasteiger partial charge in [-0.05, 0) is 31.5 Å². The summed E-state index contributed by atoms with van der Waals surface area (Å²) < 4.78 is 6.65. The molecule has 0 aromatic heterocycles. The van der Waals surface area contributed by atoms with Gasteiger partial charge < -0.3 is 20.3 Å². The van der Waals surface area contributed by atoms with Crippen molar-refractivity contribution in [1.29, 1.82) is 0 Å². The zero-order valence-corrected chi connectivity index (χ0v) is 18.1. The third kappa shape index (κ3) is 4.52. The van der Waals surface area contributed by atoms with E-state index in [1.54, 1.807) is 0 Å². The first kappa shape index (κ1) is 20.9. The second kappa shape index (κ2) is 8.78. The van der Waals surface area contributed by atoms with Gasteiger partial charge in [0.25, 0.3) is 0 Å². The highest BCUT2D eigenvalue weighted by Crippen LogP contribution is 2.36. The van der Waals surface area contributed by atoms with Crippen LogP contribution in [0.5, 0.6) is 5.75 Å². The Bertz CT molecular complexity index is 875. The molecule has 2 heterocycles. The summed E-state index contributed by atoms with van der Waals surface area (Å²) in [6.07, 6.45) is 2.39. The normalized spacial score (nSPS) is 19.6. The lowest BCUT2D eigenvalue weighted by atomic mass is 9.90. The van der Waals surface area contributed by atoms with E-state index in [0.29, 0.717) is 19.5 Å². The minimum Gasteiger partial charge on any atom is -0.485 e. The molecule has 2 aromatic rings. The Balaban J connectivity index is 1.59. The number of nitrogens with two attached hydrogens (primary N) is 1. The zero-order valence-electron chi connectivity index (χ0n) is 18.1. The molecular formula is C25H33N3O2. The van der Waals surface area contributed by atoms with Crippen LogP contribution < -0.4 is 10.5 Å². The van der Waals surface area contributed by atoms with Crippen LogP contribution >= 0.6 is 0 Å². The molecule has 2 N–H and O–H groups in total. The monoisotopic (exact) mass is 407 g/mol. The van der Waals surface area contributed by atoms with Crippen molar-refractivity contribution < 1.29 is 9.53 Å². The van der Waals surface area contributed by atoms with Crippen LogP contribution in [0.3, 0.4) is 0 Å². The number of benzene rings is 2. The molecule has 5 heteroatoms. The largest absolute Gasteiger partial charge is 0.485 e. The van der Waals surface area contributed by atoms with Gasteiger partial charge in [-0.25, -0.2) is 0 Å². The molecule has 30 heavy (non-hydrogen) atoms. The Morgan fingerprint density at radius 2 is 1.90 bits per heavy atom. The van der Waals surface area contributed by atoms with E-state index in [2.05, 4.69) is 36.9 Å². The Kier molecular flexibility index (Phi) is 6.11. The molecule has 1 atom stereocenters. The first-order valence-corrected chi connectivity index (χ1v) is 11.1. The third-order valence-corrected chi connectivity index (χ3v) is 6.52. The predicted molar refractivity (Wildman–Crippen MR) is 119 cm³/mol. The molecule has 2 aromatic carbocycles. The van der Waals surface area contributed by atoms with Gasteiger partial charge in [-0.2, -0.15) is 0 Å². The molecule has 4 rings (SSSR count). The number of amides is 1. The molecule has 0 unspecified atom stereocenters. The number of carbonyl (C=O) groups is 1. The molecule has 0 aliphatic carbocycles. The maximum absolute atomic E-state index is 13.4. The molecule has 0 radical (unpaired) electrons. The van der Waals surface area contributed by atoms with Crippen LogP contribution in [-0.4, -0.2) is 53.5 Å². The summed E-state index contributed by atoms with van der Waals surface area (Å²) in [7, 11) is 0. The van der Waals surface area contributed by atoms with Gasteiger partial charge in [0.15, 0.2) is 0 Å². The second-order valence-corrected chi connectivity index (χ2v) is 8.82. The number of likely N-dealkylation sites (tertiary alicyclic amines) is 1. The lowest BCUT2D eigenvalue weighted by Crippen LogP contribution is -2.56. The minimum atomic E-state index is -0.549. The fourth-order valence-electron chi connectivity index (χ4n) is 4.69. The number of carbonyl (C=O) groups excluding carboxylic acids is 1. The van der Waals surface area contributed by atoms with Crippen molar-refractivity contribution in [1.82, 2.24) is 9.80 Å². The molecule has 2 aliphatic rings. The highest BCUT2D eigenvalue weighted by atomic mass is 16.5. The summed E-state index contributed by atoms with van der Waals surface area (Å²) in [5.41, 5.74) is 9.40. The molecule has 1 spiro atoms. The summed E-state index contributed by atoms with van der Waals surface area (Å²) in [4.78, 5) is 17.8. The van der Waals surface area contributed by atoms with E-state index in [4.69, 9.17) is 10.5 Å². The molecular weight excluding hydrogens is 374 g/mol. The van der Waals surface area contributed by atoms with Crippen LogP contribution in [0.25, 0.3) is 0 Å². The van der Waals surface area contributed by atoms with Crippen LogP contribution in [0.2, 0.25) is 0 Å². The van der Waals surface area contributed by atoms with Crippen LogP contribution in [0.4, 0.5) is 0 Å². The Morgan fingerprint density at radius 3 is 2.60 bits per heavy atom. The van der Waals surface area contributed by atoms with E-state index >= 15 is 0 Å². The second-order valence-electron chi connectivity index (χ2n) is 8.82. The molecule has 1 saturated heterocycles. The van der Waals surface area contributed by atoms with Crippen molar-refractivity contribution in [2.45, 2.75) is 51.3 Å². The Hall–Kier alpha value is -2.37. The fourth-order valence-corrected chi connectivity index (χ4v) is 4.69. The van der Waals surface area contributed by atoms with E-state index in [9.17, 15) is 4.79 Å². The van der Waals surface area contributed by atoms with Crippen molar-refractivity contribution in [3.8, 4) is 5.75 Å². The van der Waals surface area contributed by atoms with Crippen molar-refractivity contribution in [2.24, 2.45) is 5.73 Å². The number of aryl methyl sites for hydroxylation is 1. The van der Waals surface area contributed by atoms with Crippen molar-refractivity contribution in [2.75, 3.05) is 26.2 Å². The summed E-state index contributed by atoms with van der Waals surface area (Å²) >= 11 is 0. The first-order valence-electron chi connectivity index (χ1n) is 11.1. The highest BCUT2D eigenvalue weighted by molar-refractivity contribution is 5.82. The number of fused-ring (bicyclic) bond motifs is 1. The summed E-state index contributed by atoms with van der Waals surface area (Å²) in [5, 5.41) is 0. The van der Waals surface area contributed by atoms with Crippen molar-refractivity contribution in [3.63, 3.8) is 0 Å². The maximum Gasteiger partial charge on any atom is 0.240 e. The molecule has 0 bridgehead atoms. The van der Waals surface area contributed by atoms with Crippen molar-refractivity contribution >= 4 is 5.91 Å². The Morgan fingerprint density at radius 1 is 1.17 bits per heavy atom. The van der Waals surface area contributed by atoms with Crippen LogP contribution in [0.1, 0.15) is 36.5 Å². The number of ether oxygens (including phenoxy) is 1. The fraction of sp³-hybridized carbons (Fsp3) is 0.480. The lowest BCUT2D eigenvalue weighted by molar-refractivity contribution is -0.136. The van der Waals surface area contributed by atoms with Crippen LogP contribution in [-0.2, 0) is 17.8 Å². The summed E-state index contributed by atoms with van der Waals surface area (Å²) in [6, 6.07) is 15.8. The molecule has 1 fully saturated rings. The topological polar surface area (TPSA) is 58.8 Å². The molecule has 160 valence electrons. The zero-order chi connectivity index (χ0) is 21.1. The molecule has 1 amide bonds. The number of nitrogens with zero attached hydrogens (tertiary/aromatic N) is 2. The number of piperidine rings is 1. The van der Waals surface area contributed by atoms with Gasteiger partial charge in [0.1, 0.15) is 11.4 Å². The lowest BCUT2D eigenvalue weighted by Gasteiger charge is -2.42. The van der Waals surface area contributed by atoms with Gasteiger partial charge in [-0.3, -0.25) is 4.79 Å². The van der Waals surface area contributed by atoms with E-state index in [0.717, 1.165) is 49.4 Å². The highest BCUT2D eigenvalue weighted by Gasteiger charge is 2.42. The van der Waals surface area contributed by atoms with Gasteiger partial charge in [0.05, 0.1) is 12.6 Å². The van der Waals surface area contributed by atoms with Gasteiger partial charge >= 0.3 is 0 Å². The summed E-state index contributed by atoms with van der Waals surface area (Å²) in [6.45, 7) is 8.47. The van der Waals surface area contributed by atoms with Gasteiger partial charge in [0, 0.05) is 38.0 Å². The number of hydrogen-bond donors (Lipinski definition) is 1. The smallest absolute Gasteiger partial charge is 0.240 e. The number of rotatable bonds is 4. The van der Waals surface area contributed by atoms with Crippen LogP contribution in [0.15, 0.2) is 48.5 Å². The quantitative estimate of drug-likeness (QED) is 0.846. The van der Waals surface area contributed by atoms with Gasteiger partial charge in [-0.15, -0.1) is 0 Å². The maximum atomic E-state index is 13.4. The number of hydrogen-bond acceptors (Lipinski definition) is 4. The standard InChI is InChI=1S/C25H33N3O2/c1-3-27-13-11-25(12-14-27)18-28(17-21-15-19(2)9-10-23(21)30-25)24(29)22(26)16-20-7-5-4-6-8-20/h4-10,15,22H,3,11-14,16-18,26H2,1-2H3/t22-/m1/s1. The van der Waals surface area contributed by atoms with Gasteiger partial charge in [0.2, 0.25) is 5.91 Å². The van der Waals surface area contributed by atoms with Gasteiger partial charge in [-0.1, -0.05) is 55.0 Å². The average Bonchev–Trinajstić information content (AvgIpc) is 2.91.